The smallest absolute Gasteiger partial charge is 0.251 e. The Morgan fingerprint density at radius 1 is 1.48 bits per heavy atom. The summed E-state index contributed by atoms with van der Waals surface area (Å²) >= 11 is 0. The van der Waals surface area contributed by atoms with Crippen LogP contribution in [0.15, 0.2) is 28.8 Å². The topological polar surface area (TPSA) is 88.2 Å². The predicted molar refractivity (Wildman–Crippen MR) is 75.6 cm³/mol. The summed E-state index contributed by atoms with van der Waals surface area (Å²) in [5.41, 5.74) is 0.512. The lowest BCUT2D eigenvalue weighted by molar-refractivity contribution is -0.0300. The highest BCUT2D eigenvalue weighted by Gasteiger charge is 2.34. The minimum atomic E-state index is -0.724. The van der Waals surface area contributed by atoms with E-state index in [0.717, 1.165) is 24.8 Å². The van der Waals surface area contributed by atoms with Gasteiger partial charge in [0.25, 0.3) is 5.91 Å². The van der Waals surface area contributed by atoms with E-state index in [1.165, 1.54) is 0 Å². The molecule has 1 heterocycles. The van der Waals surface area contributed by atoms with Crippen molar-refractivity contribution in [3.8, 4) is 11.4 Å². The third kappa shape index (κ3) is 2.95. The summed E-state index contributed by atoms with van der Waals surface area (Å²) in [7, 11) is 0. The molecule has 0 unspecified atom stereocenters. The molecule has 0 spiro atoms. The lowest BCUT2D eigenvalue weighted by Gasteiger charge is -2.36. The summed E-state index contributed by atoms with van der Waals surface area (Å²) in [5, 5.41) is 16.6. The summed E-state index contributed by atoms with van der Waals surface area (Å²) in [6.45, 7) is 2.00. The van der Waals surface area contributed by atoms with Gasteiger partial charge < -0.3 is 14.9 Å². The number of aryl methyl sites for hydroxylation is 1. The van der Waals surface area contributed by atoms with Crippen molar-refractivity contribution in [2.75, 3.05) is 6.54 Å². The minimum absolute atomic E-state index is 0.211. The van der Waals surface area contributed by atoms with Crippen LogP contribution >= 0.6 is 0 Å². The van der Waals surface area contributed by atoms with E-state index < -0.39 is 5.60 Å². The van der Waals surface area contributed by atoms with Gasteiger partial charge >= 0.3 is 0 Å². The van der Waals surface area contributed by atoms with E-state index in [9.17, 15) is 9.90 Å². The molecule has 6 heteroatoms. The number of aliphatic hydroxyl groups is 1. The van der Waals surface area contributed by atoms with E-state index >= 15 is 0 Å². The molecule has 1 saturated carbocycles. The highest BCUT2D eigenvalue weighted by molar-refractivity contribution is 5.95. The Bertz CT molecular complexity index is 662. The van der Waals surface area contributed by atoms with Crippen LogP contribution in [-0.4, -0.2) is 33.3 Å². The Labute approximate surface area is 122 Å². The summed E-state index contributed by atoms with van der Waals surface area (Å²) in [5.74, 6) is 0.726. The molecule has 110 valence electrons. The van der Waals surface area contributed by atoms with Crippen molar-refractivity contribution >= 4 is 5.91 Å². The maximum absolute atomic E-state index is 12.1. The number of nitrogens with zero attached hydrogens (tertiary/aromatic N) is 2. The first kappa shape index (κ1) is 13.8. The van der Waals surface area contributed by atoms with Crippen LogP contribution < -0.4 is 5.32 Å². The van der Waals surface area contributed by atoms with Gasteiger partial charge in [-0.15, -0.1) is 0 Å². The van der Waals surface area contributed by atoms with Gasteiger partial charge in [-0.1, -0.05) is 17.3 Å². The van der Waals surface area contributed by atoms with Crippen LogP contribution in [0.4, 0.5) is 0 Å². The first-order valence-corrected chi connectivity index (χ1v) is 6.97. The van der Waals surface area contributed by atoms with E-state index in [0.29, 0.717) is 17.3 Å². The van der Waals surface area contributed by atoms with Gasteiger partial charge in [0.2, 0.25) is 11.7 Å². The Kier molecular flexibility index (Phi) is 3.47. The molecule has 2 aromatic rings. The summed E-state index contributed by atoms with van der Waals surface area (Å²) in [4.78, 5) is 16.3. The standard InChI is InChI=1S/C15H17N3O3/c1-10-17-13(18-21-10)11-4-2-5-12(8-11)14(19)16-9-15(20)6-3-7-15/h2,4-5,8,20H,3,6-7,9H2,1H3,(H,16,19). The number of nitrogens with one attached hydrogen (secondary N) is 1. The molecule has 21 heavy (non-hydrogen) atoms. The lowest BCUT2D eigenvalue weighted by Crippen LogP contribution is -2.47. The molecule has 0 radical (unpaired) electrons. The fourth-order valence-corrected chi connectivity index (χ4v) is 2.32. The Balaban J connectivity index is 1.71. The van der Waals surface area contributed by atoms with Gasteiger partial charge in [0.15, 0.2) is 0 Å². The maximum Gasteiger partial charge on any atom is 0.251 e. The quantitative estimate of drug-likeness (QED) is 0.893. The molecule has 0 bridgehead atoms. The van der Waals surface area contributed by atoms with Crippen molar-refractivity contribution in [2.45, 2.75) is 31.8 Å². The second-order valence-electron chi connectivity index (χ2n) is 5.48. The first-order chi connectivity index (χ1) is 10.1. The van der Waals surface area contributed by atoms with E-state index in [4.69, 9.17) is 4.52 Å². The fourth-order valence-electron chi connectivity index (χ4n) is 2.32. The van der Waals surface area contributed by atoms with Gasteiger partial charge in [-0.2, -0.15) is 4.98 Å². The van der Waals surface area contributed by atoms with Crippen molar-refractivity contribution in [1.29, 1.82) is 0 Å². The van der Waals surface area contributed by atoms with E-state index in [1.807, 2.05) is 6.07 Å². The Morgan fingerprint density at radius 2 is 2.29 bits per heavy atom. The monoisotopic (exact) mass is 287 g/mol. The number of rotatable bonds is 4. The number of amides is 1. The molecule has 0 saturated heterocycles. The molecule has 1 aromatic heterocycles. The molecule has 0 atom stereocenters. The molecule has 1 aliphatic rings. The fraction of sp³-hybridized carbons (Fsp3) is 0.400. The van der Waals surface area contributed by atoms with Gasteiger partial charge in [0, 0.05) is 24.6 Å². The van der Waals surface area contributed by atoms with Crippen molar-refractivity contribution in [2.24, 2.45) is 0 Å². The molecule has 1 amide bonds. The van der Waals surface area contributed by atoms with Crippen LogP contribution in [-0.2, 0) is 0 Å². The number of benzene rings is 1. The predicted octanol–water partition coefficient (Wildman–Crippen LogP) is 1.69. The lowest BCUT2D eigenvalue weighted by atomic mass is 9.80. The average Bonchev–Trinajstić information content (AvgIpc) is 2.89. The molecule has 1 aliphatic carbocycles. The largest absolute Gasteiger partial charge is 0.388 e. The zero-order valence-corrected chi connectivity index (χ0v) is 11.8. The average molecular weight is 287 g/mol. The minimum Gasteiger partial charge on any atom is -0.388 e. The van der Waals surface area contributed by atoms with E-state index in [2.05, 4.69) is 15.5 Å². The van der Waals surface area contributed by atoms with Crippen molar-refractivity contribution in [1.82, 2.24) is 15.5 Å². The Hall–Kier alpha value is -2.21. The number of aromatic nitrogens is 2. The van der Waals surface area contributed by atoms with Crippen LogP contribution in [0.5, 0.6) is 0 Å². The van der Waals surface area contributed by atoms with Gasteiger partial charge in [-0.25, -0.2) is 0 Å². The number of hydrogen-bond acceptors (Lipinski definition) is 5. The second-order valence-corrected chi connectivity index (χ2v) is 5.48. The molecule has 6 nitrogen and oxygen atoms in total. The van der Waals surface area contributed by atoms with Crippen LogP contribution in [0.3, 0.4) is 0 Å². The van der Waals surface area contributed by atoms with Gasteiger partial charge in [0.05, 0.1) is 5.60 Å². The normalized spacial score (nSPS) is 16.3. The van der Waals surface area contributed by atoms with Crippen LogP contribution in [0, 0.1) is 6.92 Å². The van der Waals surface area contributed by atoms with Crippen LogP contribution in [0.1, 0.15) is 35.5 Å². The summed E-state index contributed by atoms with van der Waals surface area (Å²) < 4.78 is 4.94. The molecule has 3 rings (SSSR count). The SMILES string of the molecule is Cc1nc(-c2cccc(C(=O)NCC3(O)CCC3)c2)no1. The van der Waals surface area contributed by atoms with Crippen LogP contribution in [0.2, 0.25) is 0 Å². The van der Waals surface area contributed by atoms with E-state index in [-0.39, 0.29) is 12.5 Å². The molecular formula is C15H17N3O3. The van der Waals surface area contributed by atoms with Gasteiger partial charge in [-0.3, -0.25) is 4.79 Å². The molecule has 1 fully saturated rings. The van der Waals surface area contributed by atoms with Gasteiger partial charge in [0.1, 0.15) is 0 Å². The highest BCUT2D eigenvalue weighted by atomic mass is 16.5. The third-order valence-electron chi connectivity index (χ3n) is 3.77. The number of carbonyl (C=O) groups is 1. The molecule has 2 N–H and O–H groups in total. The number of carbonyl (C=O) groups excluding carboxylic acids is 1. The number of hydrogen-bond donors (Lipinski definition) is 2. The molecular weight excluding hydrogens is 270 g/mol. The van der Waals surface area contributed by atoms with Gasteiger partial charge in [-0.05, 0) is 31.4 Å². The maximum atomic E-state index is 12.1. The first-order valence-electron chi connectivity index (χ1n) is 6.97. The zero-order valence-electron chi connectivity index (χ0n) is 11.8. The molecule has 0 aliphatic heterocycles. The van der Waals surface area contributed by atoms with Crippen molar-refractivity contribution in [3.05, 3.63) is 35.7 Å². The highest BCUT2D eigenvalue weighted by Crippen LogP contribution is 2.30. The van der Waals surface area contributed by atoms with Crippen molar-refractivity contribution in [3.63, 3.8) is 0 Å². The second kappa shape index (κ2) is 5.29. The third-order valence-corrected chi connectivity index (χ3v) is 3.77. The molecule has 1 aromatic carbocycles. The zero-order chi connectivity index (χ0) is 14.9. The van der Waals surface area contributed by atoms with Crippen molar-refractivity contribution < 1.29 is 14.4 Å². The summed E-state index contributed by atoms with van der Waals surface area (Å²) in [6, 6.07) is 7.02. The summed E-state index contributed by atoms with van der Waals surface area (Å²) in [6.07, 6.45) is 2.50. The Morgan fingerprint density at radius 3 is 2.90 bits per heavy atom. The van der Waals surface area contributed by atoms with Crippen LogP contribution in [0.25, 0.3) is 11.4 Å². The van der Waals surface area contributed by atoms with E-state index in [1.54, 1.807) is 25.1 Å².